The molecule has 2 heterocycles. The van der Waals surface area contributed by atoms with E-state index in [9.17, 15) is 4.79 Å². The fraction of sp³-hybridized carbons (Fsp3) is 0.154. The number of anilines is 2. The molecule has 0 aromatic carbocycles. The van der Waals surface area contributed by atoms with Crippen molar-refractivity contribution < 1.29 is 9.90 Å². The Morgan fingerprint density at radius 1 is 1.37 bits per heavy atom. The number of nitrogens with two attached hydrogens (primary N) is 1. The van der Waals surface area contributed by atoms with Crippen LogP contribution in [0.15, 0.2) is 36.7 Å². The molecule has 0 saturated carbocycles. The van der Waals surface area contributed by atoms with Crippen molar-refractivity contribution in [1.29, 1.82) is 0 Å². The quantitative estimate of drug-likeness (QED) is 0.749. The first-order valence-electron chi connectivity index (χ1n) is 5.79. The summed E-state index contributed by atoms with van der Waals surface area (Å²) in [5.41, 5.74) is 7.10. The third-order valence-electron chi connectivity index (χ3n) is 2.56. The number of pyridine rings is 2. The number of rotatable bonds is 5. The van der Waals surface area contributed by atoms with Crippen LogP contribution in [-0.2, 0) is 6.42 Å². The third kappa shape index (κ3) is 3.41. The molecule has 2 aromatic rings. The predicted octanol–water partition coefficient (Wildman–Crippen LogP) is 1.41. The van der Waals surface area contributed by atoms with E-state index in [1.165, 1.54) is 12.3 Å². The van der Waals surface area contributed by atoms with Crippen LogP contribution in [0.5, 0.6) is 0 Å². The van der Waals surface area contributed by atoms with Crippen LogP contribution in [-0.4, -0.2) is 27.6 Å². The Balaban J connectivity index is 1.95. The van der Waals surface area contributed by atoms with Gasteiger partial charge in [0.05, 0.1) is 11.3 Å². The molecule has 0 aliphatic rings. The van der Waals surface area contributed by atoms with Gasteiger partial charge in [-0.1, -0.05) is 6.07 Å². The number of hydrogen-bond donors (Lipinski definition) is 3. The van der Waals surface area contributed by atoms with Crippen LogP contribution in [0.4, 0.5) is 11.5 Å². The number of nitrogens with one attached hydrogen (secondary N) is 1. The molecule has 6 nitrogen and oxygen atoms in total. The fourth-order valence-corrected chi connectivity index (χ4v) is 1.60. The maximum atomic E-state index is 10.7. The molecule has 0 unspecified atom stereocenters. The van der Waals surface area contributed by atoms with E-state index in [1.54, 1.807) is 6.20 Å². The van der Waals surface area contributed by atoms with Gasteiger partial charge in [0.25, 0.3) is 0 Å². The van der Waals surface area contributed by atoms with Crippen molar-refractivity contribution >= 4 is 17.5 Å². The number of aromatic nitrogens is 2. The maximum absolute atomic E-state index is 10.7. The standard InChI is InChI=1S/C13H14N4O2/c14-11-7-9(13(18)19)8-17-12(11)16-6-4-10-3-1-2-5-15-10/h1-3,5,7-8H,4,6,14H2,(H,16,17)(H,18,19). The summed E-state index contributed by atoms with van der Waals surface area (Å²) in [4.78, 5) is 18.9. The largest absolute Gasteiger partial charge is 0.478 e. The van der Waals surface area contributed by atoms with Gasteiger partial charge in [0.2, 0.25) is 0 Å². The lowest BCUT2D eigenvalue weighted by Crippen LogP contribution is -2.10. The Morgan fingerprint density at radius 2 is 2.21 bits per heavy atom. The predicted molar refractivity (Wildman–Crippen MR) is 72.0 cm³/mol. The highest BCUT2D eigenvalue weighted by Gasteiger charge is 2.07. The molecule has 2 rings (SSSR count). The van der Waals surface area contributed by atoms with E-state index in [2.05, 4.69) is 15.3 Å². The maximum Gasteiger partial charge on any atom is 0.337 e. The van der Waals surface area contributed by atoms with Crippen molar-refractivity contribution in [3.05, 3.63) is 47.9 Å². The Kier molecular flexibility index (Phi) is 3.92. The minimum Gasteiger partial charge on any atom is -0.478 e. The summed E-state index contributed by atoms with van der Waals surface area (Å²) in [5, 5.41) is 11.9. The van der Waals surface area contributed by atoms with Crippen molar-refractivity contribution in [3.8, 4) is 0 Å². The van der Waals surface area contributed by atoms with E-state index in [-0.39, 0.29) is 5.56 Å². The highest BCUT2D eigenvalue weighted by atomic mass is 16.4. The SMILES string of the molecule is Nc1cc(C(=O)O)cnc1NCCc1ccccn1. The molecular weight excluding hydrogens is 244 g/mol. The highest BCUT2D eigenvalue weighted by Crippen LogP contribution is 2.16. The summed E-state index contributed by atoms with van der Waals surface area (Å²) in [7, 11) is 0. The average Bonchev–Trinajstić information content (AvgIpc) is 2.41. The molecule has 0 aliphatic carbocycles. The van der Waals surface area contributed by atoms with Gasteiger partial charge in [0.15, 0.2) is 0 Å². The Labute approximate surface area is 110 Å². The van der Waals surface area contributed by atoms with Crippen molar-refractivity contribution in [2.75, 3.05) is 17.6 Å². The summed E-state index contributed by atoms with van der Waals surface area (Å²) in [6, 6.07) is 7.11. The molecule has 0 amide bonds. The molecule has 0 fully saturated rings. The first-order chi connectivity index (χ1) is 9.16. The molecule has 0 radical (unpaired) electrons. The van der Waals surface area contributed by atoms with Crippen molar-refractivity contribution in [3.63, 3.8) is 0 Å². The highest BCUT2D eigenvalue weighted by molar-refractivity contribution is 5.89. The van der Waals surface area contributed by atoms with Crippen LogP contribution in [0.3, 0.4) is 0 Å². The second kappa shape index (κ2) is 5.81. The van der Waals surface area contributed by atoms with Gasteiger partial charge in [-0.25, -0.2) is 9.78 Å². The molecule has 6 heteroatoms. The zero-order valence-electron chi connectivity index (χ0n) is 10.2. The van der Waals surface area contributed by atoms with Gasteiger partial charge in [-0.2, -0.15) is 0 Å². The van der Waals surface area contributed by atoms with Crippen molar-refractivity contribution in [2.45, 2.75) is 6.42 Å². The van der Waals surface area contributed by atoms with Gasteiger partial charge in [0, 0.05) is 31.1 Å². The fourth-order valence-electron chi connectivity index (χ4n) is 1.60. The lowest BCUT2D eigenvalue weighted by molar-refractivity contribution is 0.0696. The lowest BCUT2D eigenvalue weighted by Gasteiger charge is -2.08. The second-order valence-corrected chi connectivity index (χ2v) is 3.96. The molecule has 0 spiro atoms. The van der Waals surface area contributed by atoms with Gasteiger partial charge < -0.3 is 16.2 Å². The normalized spacial score (nSPS) is 10.1. The van der Waals surface area contributed by atoms with E-state index >= 15 is 0 Å². The van der Waals surface area contributed by atoms with E-state index in [0.717, 1.165) is 12.1 Å². The first-order valence-corrected chi connectivity index (χ1v) is 5.79. The zero-order valence-corrected chi connectivity index (χ0v) is 10.2. The first kappa shape index (κ1) is 12.8. The van der Waals surface area contributed by atoms with E-state index in [1.807, 2.05) is 18.2 Å². The molecular formula is C13H14N4O2. The number of aromatic carboxylic acids is 1. The average molecular weight is 258 g/mol. The second-order valence-electron chi connectivity index (χ2n) is 3.96. The minimum absolute atomic E-state index is 0.0766. The molecule has 0 saturated heterocycles. The Bertz CT molecular complexity index is 572. The van der Waals surface area contributed by atoms with Crippen molar-refractivity contribution in [1.82, 2.24) is 9.97 Å². The van der Waals surface area contributed by atoms with Gasteiger partial charge in [0.1, 0.15) is 5.82 Å². The molecule has 98 valence electrons. The topological polar surface area (TPSA) is 101 Å². The summed E-state index contributed by atoms with van der Waals surface area (Å²) >= 11 is 0. The van der Waals surface area contributed by atoms with Crippen LogP contribution >= 0.6 is 0 Å². The van der Waals surface area contributed by atoms with Crippen LogP contribution in [0.25, 0.3) is 0 Å². The molecule has 0 atom stereocenters. The lowest BCUT2D eigenvalue weighted by atomic mass is 10.2. The van der Waals surface area contributed by atoms with Gasteiger partial charge >= 0.3 is 5.97 Å². The van der Waals surface area contributed by atoms with Crippen molar-refractivity contribution in [2.24, 2.45) is 0 Å². The molecule has 19 heavy (non-hydrogen) atoms. The number of carboxylic acid groups (broad SMARTS) is 1. The van der Waals surface area contributed by atoms with Crippen LogP contribution < -0.4 is 11.1 Å². The molecule has 0 bridgehead atoms. The van der Waals surface area contributed by atoms with Crippen LogP contribution in [0.1, 0.15) is 16.1 Å². The number of carbonyl (C=O) groups is 1. The minimum atomic E-state index is -1.04. The number of nitrogens with zero attached hydrogens (tertiary/aromatic N) is 2. The Hall–Kier alpha value is -2.63. The smallest absolute Gasteiger partial charge is 0.337 e. The monoisotopic (exact) mass is 258 g/mol. The summed E-state index contributed by atoms with van der Waals surface area (Å²) in [6.45, 7) is 0.626. The van der Waals surface area contributed by atoms with Crippen LogP contribution in [0, 0.1) is 0 Å². The number of hydrogen-bond acceptors (Lipinski definition) is 5. The summed E-state index contributed by atoms with van der Waals surface area (Å²) < 4.78 is 0. The molecule has 0 aliphatic heterocycles. The van der Waals surface area contributed by atoms with E-state index < -0.39 is 5.97 Å². The Morgan fingerprint density at radius 3 is 2.84 bits per heavy atom. The van der Waals surface area contributed by atoms with Gasteiger partial charge in [-0.05, 0) is 18.2 Å². The third-order valence-corrected chi connectivity index (χ3v) is 2.56. The molecule has 2 aromatic heterocycles. The summed E-state index contributed by atoms with van der Waals surface area (Å²) in [5.74, 6) is -0.555. The molecule has 4 N–H and O–H groups in total. The van der Waals surface area contributed by atoms with E-state index in [0.29, 0.717) is 18.1 Å². The van der Waals surface area contributed by atoms with Gasteiger partial charge in [-0.3, -0.25) is 4.98 Å². The van der Waals surface area contributed by atoms with Gasteiger partial charge in [-0.15, -0.1) is 0 Å². The number of carboxylic acids is 1. The number of nitrogen functional groups attached to an aromatic ring is 1. The van der Waals surface area contributed by atoms with E-state index in [4.69, 9.17) is 10.8 Å². The van der Waals surface area contributed by atoms with Crippen LogP contribution in [0.2, 0.25) is 0 Å². The summed E-state index contributed by atoms with van der Waals surface area (Å²) in [6.07, 6.45) is 3.76. The zero-order chi connectivity index (χ0) is 13.7.